The highest BCUT2D eigenvalue weighted by Crippen LogP contribution is 2.18. The zero-order valence-electron chi connectivity index (χ0n) is 10.9. The SMILES string of the molecule is O=C(Cc1cc(F)cc(F)c1F)Cc1cc(F)cc(F)c1F. The van der Waals surface area contributed by atoms with Crippen LogP contribution in [0, 0.1) is 34.9 Å². The third-order valence-corrected chi connectivity index (χ3v) is 2.91. The molecule has 0 amide bonds. The number of Topliss-reactive ketones (excluding diaryl/α,β-unsaturated/α-hetero) is 1. The van der Waals surface area contributed by atoms with Crippen LogP contribution in [0.5, 0.6) is 0 Å². The summed E-state index contributed by atoms with van der Waals surface area (Å²) < 4.78 is 78.8. The van der Waals surface area contributed by atoms with Crippen LogP contribution < -0.4 is 0 Å². The van der Waals surface area contributed by atoms with Crippen LogP contribution in [0.2, 0.25) is 0 Å². The number of hydrogen-bond donors (Lipinski definition) is 0. The molecule has 0 aliphatic rings. The molecule has 0 aromatic heterocycles. The third kappa shape index (κ3) is 3.47. The Balaban J connectivity index is 2.21. The van der Waals surface area contributed by atoms with E-state index in [1.54, 1.807) is 0 Å². The van der Waals surface area contributed by atoms with Gasteiger partial charge in [0.15, 0.2) is 23.3 Å². The van der Waals surface area contributed by atoms with Gasteiger partial charge in [-0.15, -0.1) is 0 Å². The second kappa shape index (κ2) is 6.21. The first-order valence-corrected chi connectivity index (χ1v) is 6.06. The van der Waals surface area contributed by atoms with Gasteiger partial charge in [0, 0.05) is 36.1 Å². The molecule has 0 saturated carbocycles. The minimum Gasteiger partial charge on any atom is -0.299 e. The van der Waals surface area contributed by atoms with Gasteiger partial charge in [-0.2, -0.15) is 0 Å². The summed E-state index contributed by atoms with van der Waals surface area (Å²) in [4.78, 5) is 11.7. The van der Waals surface area contributed by atoms with Crippen LogP contribution in [-0.2, 0) is 17.6 Å². The van der Waals surface area contributed by atoms with Gasteiger partial charge in [0.1, 0.15) is 17.4 Å². The van der Waals surface area contributed by atoms with Gasteiger partial charge in [-0.25, -0.2) is 26.3 Å². The van der Waals surface area contributed by atoms with Crippen LogP contribution in [0.3, 0.4) is 0 Å². The Morgan fingerprint density at radius 1 is 0.682 bits per heavy atom. The number of carbonyl (C=O) groups is 1. The zero-order chi connectivity index (χ0) is 16.4. The van der Waals surface area contributed by atoms with Gasteiger partial charge >= 0.3 is 0 Å². The second-order valence-electron chi connectivity index (χ2n) is 4.61. The smallest absolute Gasteiger partial charge is 0.162 e. The van der Waals surface area contributed by atoms with Gasteiger partial charge < -0.3 is 0 Å². The van der Waals surface area contributed by atoms with E-state index in [9.17, 15) is 31.1 Å². The molecule has 0 saturated heterocycles. The minimum absolute atomic E-state index is 0.310. The van der Waals surface area contributed by atoms with E-state index in [-0.39, 0.29) is 0 Å². The maximum absolute atomic E-state index is 13.4. The highest BCUT2D eigenvalue weighted by atomic mass is 19.2. The van der Waals surface area contributed by atoms with Gasteiger partial charge in [-0.05, 0) is 12.1 Å². The number of rotatable bonds is 4. The van der Waals surface area contributed by atoms with E-state index in [2.05, 4.69) is 0 Å². The lowest BCUT2D eigenvalue weighted by molar-refractivity contribution is -0.117. The molecule has 0 radical (unpaired) electrons. The number of ketones is 1. The molecule has 7 heteroatoms. The van der Waals surface area contributed by atoms with Crippen molar-refractivity contribution >= 4 is 5.78 Å². The molecule has 0 aliphatic heterocycles. The number of halogens is 6. The number of benzene rings is 2. The summed E-state index contributed by atoms with van der Waals surface area (Å²) in [5.41, 5.74) is -1.11. The van der Waals surface area contributed by atoms with Crippen molar-refractivity contribution in [1.82, 2.24) is 0 Å². The fourth-order valence-electron chi connectivity index (χ4n) is 1.96. The van der Waals surface area contributed by atoms with Crippen molar-refractivity contribution in [3.05, 3.63) is 70.3 Å². The quantitative estimate of drug-likeness (QED) is 0.618. The van der Waals surface area contributed by atoms with E-state index in [1.807, 2.05) is 0 Å². The third-order valence-electron chi connectivity index (χ3n) is 2.91. The van der Waals surface area contributed by atoms with Crippen molar-refractivity contribution in [2.45, 2.75) is 12.8 Å². The Morgan fingerprint density at radius 2 is 1.05 bits per heavy atom. The molecule has 0 spiro atoms. The minimum atomic E-state index is -1.47. The number of carbonyl (C=O) groups excluding carboxylic acids is 1. The van der Waals surface area contributed by atoms with Crippen LogP contribution in [0.15, 0.2) is 24.3 Å². The van der Waals surface area contributed by atoms with E-state index in [0.717, 1.165) is 0 Å². The molecule has 0 atom stereocenters. The molecule has 0 aliphatic carbocycles. The van der Waals surface area contributed by atoms with Crippen molar-refractivity contribution < 1.29 is 31.1 Å². The van der Waals surface area contributed by atoms with Gasteiger partial charge in [-0.3, -0.25) is 4.79 Å². The van der Waals surface area contributed by atoms with Crippen molar-refractivity contribution in [3.8, 4) is 0 Å². The maximum Gasteiger partial charge on any atom is 0.162 e. The topological polar surface area (TPSA) is 17.1 Å². The molecule has 0 N–H and O–H groups in total. The second-order valence-corrected chi connectivity index (χ2v) is 4.61. The Labute approximate surface area is 121 Å². The normalized spacial score (nSPS) is 10.8. The van der Waals surface area contributed by atoms with Crippen LogP contribution in [0.25, 0.3) is 0 Å². The Bertz CT molecular complexity index is 680. The molecule has 0 unspecified atom stereocenters. The van der Waals surface area contributed by atoms with E-state index in [1.165, 1.54) is 0 Å². The Kier molecular flexibility index (Phi) is 4.54. The van der Waals surface area contributed by atoms with Gasteiger partial charge in [0.25, 0.3) is 0 Å². The standard InChI is InChI=1S/C15H8F6O/c16-9-1-7(14(20)12(18)5-9)3-11(22)4-8-2-10(17)6-13(19)15(8)21/h1-2,5-6H,3-4H2. The summed E-state index contributed by atoms with van der Waals surface area (Å²) in [5, 5.41) is 0. The monoisotopic (exact) mass is 318 g/mol. The molecule has 0 bridgehead atoms. The van der Waals surface area contributed by atoms with Crippen LogP contribution in [-0.4, -0.2) is 5.78 Å². The predicted octanol–water partition coefficient (Wildman–Crippen LogP) is 3.88. The average Bonchev–Trinajstić information content (AvgIpc) is 2.41. The Hall–Kier alpha value is -2.31. The fourth-order valence-corrected chi connectivity index (χ4v) is 1.96. The molecule has 2 rings (SSSR count). The first-order chi connectivity index (χ1) is 10.3. The van der Waals surface area contributed by atoms with Crippen molar-refractivity contribution in [2.75, 3.05) is 0 Å². The maximum atomic E-state index is 13.4. The van der Waals surface area contributed by atoms with E-state index in [0.29, 0.717) is 24.3 Å². The Morgan fingerprint density at radius 3 is 1.41 bits per heavy atom. The summed E-state index contributed by atoms with van der Waals surface area (Å²) in [5.74, 6) is -8.75. The van der Waals surface area contributed by atoms with Crippen LogP contribution in [0.4, 0.5) is 26.3 Å². The van der Waals surface area contributed by atoms with Gasteiger partial charge in [-0.1, -0.05) is 0 Å². The zero-order valence-corrected chi connectivity index (χ0v) is 10.9. The molecule has 116 valence electrons. The summed E-state index contributed by atoms with van der Waals surface area (Å²) >= 11 is 0. The van der Waals surface area contributed by atoms with Crippen molar-refractivity contribution in [3.63, 3.8) is 0 Å². The molecule has 1 nitrogen and oxygen atoms in total. The highest BCUT2D eigenvalue weighted by Gasteiger charge is 2.18. The molecule has 0 heterocycles. The average molecular weight is 318 g/mol. The molecule has 22 heavy (non-hydrogen) atoms. The lowest BCUT2D eigenvalue weighted by Gasteiger charge is -2.06. The first-order valence-electron chi connectivity index (χ1n) is 6.06. The lowest BCUT2D eigenvalue weighted by atomic mass is 10.0. The first kappa shape index (κ1) is 16.1. The predicted molar refractivity (Wildman–Crippen MR) is 65.0 cm³/mol. The lowest BCUT2D eigenvalue weighted by Crippen LogP contribution is -2.11. The molecule has 0 fully saturated rings. The molecule has 2 aromatic rings. The largest absolute Gasteiger partial charge is 0.299 e. The van der Waals surface area contributed by atoms with Crippen molar-refractivity contribution in [2.24, 2.45) is 0 Å². The van der Waals surface area contributed by atoms with Crippen molar-refractivity contribution in [1.29, 1.82) is 0 Å². The summed E-state index contributed by atoms with van der Waals surface area (Å²) in [7, 11) is 0. The van der Waals surface area contributed by atoms with Crippen LogP contribution in [0.1, 0.15) is 11.1 Å². The summed E-state index contributed by atoms with van der Waals surface area (Å²) in [6.07, 6.45) is -1.48. The van der Waals surface area contributed by atoms with Gasteiger partial charge in [0.2, 0.25) is 0 Å². The fraction of sp³-hybridized carbons (Fsp3) is 0.133. The number of hydrogen-bond acceptors (Lipinski definition) is 1. The highest BCUT2D eigenvalue weighted by molar-refractivity contribution is 5.83. The molecular formula is C15H8F6O. The molecular weight excluding hydrogens is 310 g/mol. The van der Waals surface area contributed by atoms with E-state index >= 15 is 0 Å². The summed E-state index contributed by atoms with van der Waals surface area (Å²) in [6.45, 7) is 0. The van der Waals surface area contributed by atoms with E-state index in [4.69, 9.17) is 0 Å². The molecule has 2 aromatic carbocycles. The van der Waals surface area contributed by atoms with Gasteiger partial charge in [0.05, 0.1) is 0 Å². The van der Waals surface area contributed by atoms with E-state index < -0.39 is 64.7 Å². The van der Waals surface area contributed by atoms with Crippen LogP contribution >= 0.6 is 0 Å². The summed E-state index contributed by atoms with van der Waals surface area (Å²) in [6, 6.07) is 1.87.